The molecule has 0 saturated heterocycles. The van der Waals surface area contributed by atoms with Crippen molar-refractivity contribution in [1.82, 2.24) is 9.55 Å². The second-order valence-electron chi connectivity index (χ2n) is 6.09. The van der Waals surface area contributed by atoms with Crippen molar-refractivity contribution in [3.05, 3.63) is 100 Å². The first kappa shape index (κ1) is 18.0. The Morgan fingerprint density at radius 3 is 2.50 bits per heavy atom. The minimum Gasteiger partial charge on any atom is -0.268 e. The van der Waals surface area contributed by atoms with Gasteiger partial charge in [-0.15, -0.1) is 0 Å². The van der Waals surface area contributed by atoms with Crippen LogP contribution in [0.25, 0.3) is 16.6 Å². The van der Waals surface area contributed by atoms with E-state index in [0.29, 0.717) is 33.1 Å². The molecule has 4 rings (SSSR count). The Morgan fingerprint density at radius 2 is 1.71 bits per heavy atom. The van der Waals surface area contributed by atoms with Gasteiger partial charge in [-0.25, -0.2) is 9.37 Å². The van der Waals surface area contributed by atoms with Crippen molar-refractivity contribution >= 4 is 22.7 Å². The van der Waals surface area contributed by atoms with Gasteiger partial charge in [0.25, 0.3) is 5.56 Å². The summed E-state index contributed by atoms with van der Waals surface area (Å²) in [6.07, 6.45) is 0. The van der Waals surface area contributed by atoms with Crippen molar-refractivity contribution in [2.45, 2.75) is 10.9 Å². The number of para-hydroxylation sites is 1. The summed E-state index contributed by atoms with van der Waals surface area (Å²) in [6.45, 7) is 0. The van der Waals surface area contributed by atoms with Gasteiger partial charge < -0.3 is 0 Å². The van der Waals surface area contributed by atoms with E-state index in [1.54, 1.807) is 36.4 Å². The fraction of sp³-hybridized carbons (Fsp3) is 0.0455. The van der Waals surface area contributed by atoms with Crippen molar-refractivity contribution in [3.8, 4) is 11.8 Å². The van der Waals surface area contributed by atoms with Crippen molar-refractivity contribution in [2.24, 2.45) is 0 Å². The predicted molar refractivity (Wildman–Crippen MR) is 108 cm³/mol. The van der Waals surface area contributed by atoms with E-state index in [-0.39, 0.29) is 11.4 Å². The van der Waals surface area contributed by atoms with Crippen molar-refractivity contribution < 1.29 is 4.39 Å². The lowest BCUT2D eigenvalue weighted by Crippen LogP contribution is -2.21. The Morgan fingerprint density at radius 1 is 1.00 bits per heavy atom. The SMILES string of the molecule is N#Cc1ccccc1CSc1nc2ccccc2c(=O)n1-c1ccc(F)cc1. The molecule has 0 unspecified atom stereocenters. The fourth-order valence-corrected chi connectivity index (χ4v) is 3.94. The predicted octanol–water partition coefficient (Wildman–Crippen LogP) is 4.69. The van der Waals surface area contributed by atoms with Gasteiger partial charge >= 0.3 is 0 Å². The molecule has 1 aromatic heterocycles. The molecule has 0 amide bonds. The molecule has 0 fully saturated rings. The second kappa shape index (κ2) is 7.67. The molecular formula is C22H14FN3OS. The van der Waals surface area contributed by atoms with E-state index in [2.05, 4.69) is 11.1 Å². The lowest BCUT2D eigenvalue weighted by Gasteiger charge is -2.13. The Kier molecular flexibility index (Phi) is 4.92. The summed E-state index contributed by atoms with van der Waals surface area (Å²) in [4.78, 5) is 17.8. The Balaban J connectivity index is 1.84. The number of hydrogen-bond donors (Lipinski definition) is 0. The van der Waals surface area contributed by atoms with E-state index < -0.39 is 0 Å². The number of hydrogen-bond acceptors (Lipinski definition) is 4. The molecule has 0 bridgehead atoms. The van der Waals surface area contributed by atoms with Crippen LogP contribution in [-0.2, 0) is 5.75 Å². The Hall–Kier alpha value is -3.43. The summed E-state index contributed by atoms with van der Waals surface area (Å²) in [5, 5.41) is 10.3. The van der Waals surface area contributed by atoms with E-state index in [1.807, 2.05) is 24.3 Å². The molecule has 6 heteroatoms. The number of fused-ring (bicyclic) bond motifs is 1. The van der Waals surface area contributed by atoms with Crippen molar-refractivity contribution in [2.75, 3.05) is 0 Å². The van der Waals surface area contributed by atoms with Gasteiger partial charge in [0.2, 0.25) is 0 Å². The third kappa shape index (κ3) is 3.40. The van der Waals surface area contributed by atoms with Gasteiger partial charge in [0.05, 0.1) is 28.2 Å². The summed E-state index contributed by atoms with van der Waals surface area (Å²) < 4.78 is 14.9. The van der Waals surface area contributed by atoms with Crippen molar-refractivity contribution in [1.29, 1.82) is 5.26 Å². The standard InChI is InChI=1S/C22H14FN3OS/c23-17-9-11-18(12-10-17)26-21(27)19-7-3-4-8-20(19)25-22(26)28-14-16-6-2-1-5-15(16)13-24/h1-12H,14H2. The number of nitriles is 1. The Labute approximate surface area is 164 Å². The van der Waals surface area contributed by atoms with Gasteiger partial charge in [0.15, 0.2) is 5.16 Å². The summed E-state index contributed by atoms with van der Waals surface area (Å²) in [7, 11) is 0. The van der Waals surface area contributed by atoms with Crippen LogP contribution >= 0.6 is 11.8 Å². The number of rotatable bonds is 4. The monoisotopic (exact) mass is 387 g/mol. The number of nitrogens with zero attached hydrogens (tertiary/aromatic N) is 3. The number of benzene rings is 3. The number of thioether (sulfide) groups is 1. The van der Waals surface area contributed by atoms with Gasteiger partial charge in [-0.05, 0) is 48.0 Å². The molecule has 3 aromatic carbocycles. The van der Waals surface area contributed by atoms with Crippen LogP contribution in [0.1, 0.15) is 11.1 Å². The quantitative estimate of drug-likeness (QED) is 0.377. The molecule has 0 radical (unpaired) electrons. The topological polar surface area (TPSA) is 58.7 Å². The number of halogens is 1. The van der Waals surface area contributed by atoms with Crippen LogP contribution in [0.15, 0.2) is 82.7 Å². The highest BCUT2D eigenvalue weighted by Gasteiger charge is 2.14. The first-order chi connectivity index (χ1) is 13.7. The molecule has 1 heterocycles. The summed E-state index contributed by atoms with van der Waals surface area (Å²) >= 11 is 1.36. The highest BCUT2D eigenvalue weighted by molar-refractivity contribution is 7.98. The van der Waals surface area contributed by atoms with Gasteiger partial charge in [-0.2, -0.15) is 5.26 Å². The summed E-state index contributed by atoms with van der Waals surface area (Å²) in [6, 6.07) is 22.4. The molecule has 0 aliphatic heterocycles. The summed E-state index contributed by atoms with van der Waals surface area (Å²) in [5.41, 5.74) is 2.38. The maximum atomic E-state index is 13.4. The van der Waals surface area contributed by atoms with Crippen LogP contribution in [0, 0.1) is 17.1 Å². The highest BCUT2D eigenvalue weighted by atomic mass is 32.2. The maximum absolute atomic E-state index is 13.4. The molecule has 0 spiro atoms. The third-order valence-electron chi connectivity index (χ3n) is 4.32. The molecule has 0 aliphatic carbocycles. The van der Waals surface area contributed by atoms with Crippen LogP contribution in [0.2, 0.25) is 0 Å². The molecule has 136 valence electrons. The molecule has 0 atom stereocenters. The van der Waals surface area contributed by atoms with Gasteiger partial charge in [-0.1, -0.05) is 42.1 Å². The fourth-order valence-electron chi connectivity index (χ4n) is 2.92. The van der Waals surface area contributed by atoms with Crippen LogP contribution in [-0.4, -0.2) is 9.55 Å². The largest absolute Gasteiger partial charge is 0.268 e. The van der Waals surface area contributed by atoms with Crippen molar-refractivity contribution in [3.63, 3.8) is 0 Å². The molecule has 4 aromatic rings. The molecular weight excluding hydrogens is 373 g/mol. The zero-order chi connectivity index (χ0) is 19.5. The normalized spacial score (nSPS) is 10.7. The Bertz CT molecular complexity index is 1260. The van der Waals surface area contributed by atoms with Crippen LogP contribution in [0.3, 0.4) is 0 Å². The molecule has 0 saturated carbocycles. The molecule has 4 nitrogen and oxygen atoms in total. The lowest BCUT2D eigenvalue weighted by molar-refractivity contribution is 0.627. The summed E-state index contributed by atoms with van der Waals surface area (Å²) in [5.74, 6) is 0.109. The highest BCUT2D eigenvalue weighted by Crippen LogP contribution is 2.26. The van der Waals surface area contributed by atoms with Crippen LogP contribution in [0.4, 0.5) is 4.39 Å². The zero-order valence-electron chi connectivity index (χ0n) is 14.7. The van der Waals surface area contributed by atoms with E-state index in [4.69, 9.17) is 0 Å². The van der Waals surface area contributed by atoms with E-state index in [1.165, 1.54) is 28.5 Å². The average molecular weight is 387 g/mol. The minimum atomic E-state index is -0.373. The van der Waals surface area contributed by atoms with Gasteiger partial charge in [0, 0.05) is 5.75 Å². The van der Waals surface area contributed by atoms with Crippen LogP contribution < -0.4 is 5.56 Å². The lowest BCUT2D eigenvalue weighted by atomic mass is 10.1. The smallest absolute Gasteiger partial charge is 0.266 e. The minimum absolute atomic E-state index is 0.215. The second-order valence-corrected chi connectivity index (χ2v) is 7.03. The molecule has 0 N–H and O–H groups in total. The molecule has 0 aliphatic rings. The van der Waals surface area contributed by atoms with E-state index in [9.17, 15) is 14.4 Å². The van der Waals surface area contributed by atoms with Gasteiger partial charge in [-0.3, -0.25) is 9.36 Å². The third-order valence-corrected chi connectivity index (χ3v) is 5.31. The van der Waals surface area contributed by atoms with E-state index >= 15 is 0 Å². The molecule has 28 heavy (non-hydrogen) atoms. The maximum Gasteiger partial charge on any atom is 0.266 e. The zero-order valence-corrected chi connectivity index (χ0v) is 15.5. The average Bonchev–Trinajstić information content (AvgIpc) is 2.73. The number of aromatic nitrogens is 2. The van der Waals surface area contributed by atoms with E-state index in [0.717, 1.165) is 5.56 Å². The first-order valence-electron chi connectivity index (χ1n) is 8.56. The first-order valence-corrected chi connectivity index (χ1v) is 9.54. The van der Waals surface area contributed by atoms with Gasteiger partial charge in [0.1, 0.15) is 5.82 Å². The van der Waals surface area contributed by atoms with Crippen LogP contribution in [0.5, 0.6) is 0 Å².